The quantitative estimate of drug-likeness (QED) is 0.797. The lowest BCUT2D eigenvalue weighted by Crippen LogP contribution is -2.51. The fourth-order valence-electron chi connectivity index (χ4n) is 1.80. The van der Waals surface area contributed by atoms with Gasteiger partial charge in [-0.3, -0.25) is 0 Å². The van der Waals surface area contributed by atoms with Crippen molar-refractivity contribution in [1.29, 1.82) is 0 Å². The second-order valence-corrected chi connectivity index (χ2v) is 5.55. The van der Waals surface area contributed by atoms with Crippen molar-refractivity contribution in [3.8, 4) is 0 Å². The number of carboxylic acid groups (broad SMARTS) is 1. The van der Waals surface area contributed by atoms with Crippen molar-refractivity contribution in [3.05, 3.63) is 35.9 Å². The smallest absolute Gasteiger partial charge is 0.429 e. The van der Waals surface area contributed by atoms with Gasteiger partial charge < -0.3 is 15.2 Å². The molecule has 8 nitrogen and oxygen atoms in total. The lowest BCUT2D eigenvalue weighted by atomic mass is 10.1. The zero-order valence-corrected chi connectivity index (χ0v) is 14.2. The van der Waals surface area contributed by atoms with Crippen LogP contribution in [0.2, 0.25) is 0 Å². The summed E-state index contributed by atoms with van der Waals surface area (Å²) in [6, 6.07) is 8.24. The highest BCUT2D eigenvalue weighted by atomic mass is 16.6. The average Bonchev–Trinajstić information content (AvgIpc) is 2.52. The predicted molar refractivity (Wildman–Crippen MR) is 87.2 cm³/mol. The molecule has 1 atom stereocenters. The molecule has 0 bridgehead atoms. The maximum Gasteiger partial charge on any atom is 0.429 e. The number of urea groups is 1. The molecule has 1 aromatic carbocycles. The van der Waals surface area contributed by atoms with Crippen LogP contribution in [0.25, 0.3) is 0 Å². The number of ether oxygens (including phenoxy) is 1. The molecule has 0 aliphatic rings. The molecule has 132 valence electrons. The van der Waals surface area contributed by atoms with Crippen molar-refractivity contribution in [2.75, 3.05) is 14.1 Å². The van der Waals surface area contributed by atoms with E-state index in [2.05, 4.69) is 5.32 Å². The van der Waals surface area contributed by atoms with Crippen molar-refractivity contribution >= 4 is 18.1 Å². The minimum absolute atomic E-state index is 0.0393. The summed E-state index contributed by atoms with van der Waals surface area (Å²) < 4.78 is 5.02. The van der Waals surface area contributed by atoms with Crippen molar-refractivity contribution in [1.82, 2.24) is 15.3 Å². The number of hydrogen-bond donors (Lipinski definition) is 2. The highest BCUT2D eigenvalue weighted by Crippen LogP contribution is 2.09. The van der Waals surface area contributed by atoms with Crippen molar-refractivity contribution in [3.63, 3.8) is 0 Å². The number of benzene rings is 1. The lowest BCUT2D eigenvalue weighted by Gasteiger charge is -2.29. The molecule has 0 fully saturated rings. The Balaban J connectivity index is 2.70. The Labute approximate surface area is 141 Å². The fourth-order valence-corrected chi connectivity index (χ4v) is 1.80. The highest BCUT2D eigenvalue weighted by Gasteiger charge is 2.27. The molecule has 0 aromatic heterocycles. The van der Waals surface area contributed by atoms with Crippen LogP contribution in [-0.2, 0) is 16.0 Å². The fraction of sp³-hybridized carbons (Fsp3) is 0.438. The van der Waals surface area contributed by atoms with Crippen LogP contribution in [0.3, 0.4) is 0 Å². The molecular weight excluding hydrogens is 314 g/mol. The summed E-state index contributed by atoms with van der Waals surface area (Å²) in [5, 5.41) is 13.8. The zero-order valence-electron chi connectivity index (χ0n) is 14.2. The summed E-state index contributed by atoms with van der Waals surface area (Å²) in [6.45, 7) is 3.56. The van der Waals surface area contributed by atoms with Gasteiger partial charge in [0, 0.05) is 26.6 Å². The van der Waals surface area contributed by atoms with Crippen molar-refractivity contribution in [2.24, 2.45) is 0 Å². The van der Waals surface area contributed by atoms with E-state index < -0.39 is 24.2 Å². The SMILES string of the molecule is CC(C)NC(=O)N(C)N(C)C(=O)O[C@@H](Cc1ccccc1)C(=O)O. The van der Waals surface area contributed by atoms with E-state index >= 15 is 0 Å². The van der Waals surface area contributed by atoms with Crippen LogP contribution in [-0.4, -0.2) is 59.5 Å². The third kappa shape index (κ3) is 5.79. The van der Waals surface area contributed by atoms with E-state index in [4.69, 9.17) is 4.74 Å². The molecule has 0 radical (unpaired) electrons. The largest absolute Gasteiger partial charge is 0.478 e. The Hall–Kier alpha value is -2.77. The molecule has 24 heavy (non-hydrogen) atoms. The van der Waals surface area contributed by atoms with Gasteiger partial charge in [0.1, 0.15) is 0 Å². The maximum atomic E-state index is 12.1. The summed E-state index contributed by atoms with van der Waals surface area (Å²) in [4.78, 5) is 35.3. The first-order valence-electron chi connectivity index (χ1n) is 7.47. The molecule has 0 heterocycles. The average molecular weight is 337 g/mol. The van der Waals surface area contributed by atoms with Crippen LogP contribution in [0.4, 0.5) is 9.59 Å². The lowest BCUT2D eigenvalue weighted by molar-refractivity contribution is -0.147. The normalized spacial score (nSPS) is 11.5. The monoisotopic (exact) mass is 337 g/mol. The molecule has 0 saturated carbocycles. The molecule has 0 saturated heterocycles. The summed E-state index contributed by atoms with van der Waals surface area (Å²) in [7, 11) is 2.70. The van der Waals surface area contributed by atoms with E-state index in [0.717, 1.165) is 15.6 Å². The van der Waals surface area contributed by atoms with Gasteiger partial charge in [0.05, 0.1) is 0 Å². The highest BCUT2D eigenvalue weighted by molar-refractivity contribution is 5.80. The van der Waals surface area contributed by atoms with E-state index in [1.165, 1.54) is 14.1 Å². The first kappa shape index (κ1) is 19.3. The molecule has 0 aliphatic heterocycles. The van der Waals surface area contributed by atoms with Gasteiger partial charge in [-0.05, 0) is 19.4 Å². The summed E-state index contributed by atoms with van der Waals surface area (Å²) in [6.07, 6.45) is -2.24. The predicted octanol–water partition coefficient (Wildman–Crippen LogP) is 1.72. The van der Waals surface area contributed by atoms with Gasteiger partial charge in [-0.15, -0.1) is 0 Å². The molecule has 0 aliphatic carbocycles. The van der Waals surface area contributed by atoms with E-state index in [9.17, 15) is 19.5 Å². The van der Waals surface area contributed by atoms with Crippen LogP contribution in [0.1, 0.15) is 19.4 Å². The van der Waals surface area contributed by atoms with Gasteiger partial charge in [-0.25, -0.2) is 24.4 Å². The molecule has 8 heteroatoms. The second-order valence-electron chi connectivity index (χ2n) is 5.55. The first-order chi connectivity index (χ1) is 11.2. The first-order valence-corrected chi connectivity index (χ1v) is 7.47. The molecule has 0 unspecified atom stereocenters. The number of hydrazine groups is 1. The van der Waals surface area contributed by atoms with Crippen molar-refractivity contribution < 1.29 is 24.2 Å². The molecule has 1 rings (SSSR count). The minimum Gasteiger partial charge on any atom is -0.478 e. The van der Waals surface area contributed by atoms with E-state index in [0.29, 0.717) is 0 Å². The van der Waals surface area contributed by atoms with Gasteiger partial charge in [0.2, 0.25) is 6.10 Å². The van der Waals surface area contributed by atoms with Gasteiger partial charge in [-0.2, -0.15) is 0 Å². The van der Waals surface area contributed by atoms with Crippen LogP contribution in [0, 0.1) is 0 Å². The Morgan fingerprint density at radius 1 is 1.12 bits per heavy atom. The van der Waals surface area contributed by atoms with E-state index in [-0.39, 0.29) is 12.5 Å². The molecule has 2 N–H and O–H groups in total. The third-order valence-corrected chi connectivity index (χ3v) is 3.20. The third-order valence-electron chi connectivity index (χ3n) is 3.20. The number of nitrogens with one attached hydrogen (secondary N) is 1. The Kier molecular flexibility index (Phi) is 7.03. The second kappa shape index (κ2) is 8.76. The Bertz CT molecular complexity index is 576. The van der Waals surface area contributed by atoms with Crippen LogP contribution < -0.4 is 5.32 Å². The number of rotatable bonds is 5. The van der Waals surface area contributed by atoms with Crippen LogP contribution in [0.15, 0.2) is 30.3 Å². The Morgan fingerprint density at radius 3 is 2.21 bits per heavy atom. The molecular formula is C16H23N3O5. The number of aliphatic carboxylic acids is 1. The van der Waals surface area contributed by atoms with E-state index in [1.807, 2.05) is 0 Å². The number of carboxylic acids is 1. The number of amides is 3. The van der Waals surface area contributed by atoms with Crippen molar-refractivity contribution in [2.45, 2.75) is 32.4 Å². The molecule has 0 spiro atoms. The van der Waals surface area contributed by atoms with E-state index in [1.54, 1.807) is 44.2 Å². The number of carbonyl (C=O) groups is 3. The Morgan fingerprint density at radius 2 is 1.71 bits per heavy atom. The minimum atomic E-state index is -1.34. The van der Waals surface area contributed by atoms with Crippen LogP contribution >= 0.6 is 0 Å². The topological polar surface area (TPSA) is 99.2 Å². The summed E-state index contributed by atoms with van der Waals surface area (Å²) >= 11 is 0. The summed E-state index contributed by atoms with van der Waals surface area (Å²) in [5.41, 5.74) is 0.728. The molecule has 3 amide bonds. The number of hydrogen-bond acceptors (Lipinski definition) is 4. The number of nitrogens with zero attached hydrogens (tertiary/aromatic N) is 2. The standard InChI is InChI=1S/C16H23N3O5/c1-11(2)17-15(22)18(3)19(4)16(23)24-13(14(20)21)10-12-8-6-5-7-9-12/h5-9,11,13H,10H2,1-4H3,(H,17,22)(H,20,21)/t13-/m0/s1. The van der Waals surface area contributed by atoms with Gasteiger partial charge in [0.15, 0.2) is 0 Å². The number of carbonyl (C=O) groups excluding carboxylic acids is 2. The molecule has 1 aromatic rings. The van der Waals surface area contributed by atoms with Crippen LogP contribution in [0.5, 0.6) is 0 Å². The zero-order chi connectivity index (χ0) is 18.3. The summed E-state index contributed by atoms with van der Waals surface area (Å²) in [5.74, 6) is -1.25. The van der Waals surface area contributed by atoms with Gasteiger partial charge >= 0.3 is 18.1 Å². The van der Waals surface area contributed by atoms with Gasteiger partial charge in [-0.1, -0.05) is 30.3 Å². The van der Waals surface area contributed by atoms with Gasteiger partial charge in [0.25, 0.3) is 0 Å². The maximum absolute atomic E-state index is 12.1.